The number of nitro benzene ring substituents is 1. The first-order valence-electron chi connectivity index (χ1n) is 6.15. The van der Waals surface area contributed by atoms with Crippen LogP contribution in [0.1, 0.15) is 6.42 Å². The summed E-state index contributed by atoms with van der Waals surface area (Å²) in [5.41, 5.74) is -0.541. The lowest BCUT2D eigenvalue weighted by molar-refractivity contribution is -0.383. The van der Waals surface area contributed by atoms with Gasteiger partial charge in [0.25, 0.3) is 11.7 Å². The zero-order valence-electron chi connectivity index (χ0n) is 10.5. The molecule has 1 aromatic carbocycles. The molecule has 1 saturated heterocycles. The number of ether oxygens (including phenoxy) is 1. The van der Waals surface area contributed by atoms with Crippen LogP contribution < -0.4 is 5.32 Å². The van der Waals surface area contributed by atoms with Gasteiger partial charge in [-0.3, -0.25) is 10.1 Å². The van der Waals surface area contributed by atoms with Gasteiger partial charge in [-0.15, -0.1) is 0 Å². The van der Waals surface area contributed by atoms with E-state index in [2.05, 4.69) is 10.3 Å². The Morgan fingerprint density at radius 1 is 1.55 bits per heavy atom. The molecule has 1 aromatic heterocycles. The Bertz CT molecular complexity index is 648. The van der Waals surface area contributed by atoms with Crippen LogP contribution in [0.4, 0.5) is 11.7 Å². The molecule has 0 amide bonds. The SMILES string of the molecule is O=[N+]([O-])c1cccc2oc(NCC3(O)CCOC3)nc12. The highest BCUT2D eigenvalue weighted by Crippen LogP contribution is 2.28. The Hall–Kier alpha value is -2.19. The Labute approximate surface area is 113 Å². The van der Waals surface area contributed by atoms with E-state index >= 15 is 0 Å². The summed E-state index contributed by atoms with van der Waals surface area (Å²) in [6, 6.07) is 4.66. The summed E-state index contributed by atoms with van der Waals surface area (Å²) in [5.74, 6) is 0. The number of nitro groups is 1. The molecule has 1 unspecified atom stereocenters. The molecule has 0 saturated carbocycles. The predicted octanol–water partition coefficient (Wildman–Crippen LogP) is 1.30. The van der Waals surface area contributed by atoms with Crippen molar-refractivity contribution in [2.75, 3.05) is 25.1 Å². The first-order valence-corrected chi connectivity index (χ1v) is 6.15. The number of anilines is 1. The summed E-state index contributed by atoms with van der Waals surface area (Å²) in [6.45, 7) is 0.977. The molecule has 1 aliphatic heterocycles. The van der Waals surface area contributed by atoms with Gasteiger partial charge in [-0.05, 0) is 6.07 Å². The van der Waals surface area contributed by atoms with Crippen molar-refractivity contribution < 1.29 is 19.2 Å². The number of aliphatic hydroxyl groups is 1. The minimum atomic E-state index is -0.952. The van der Waals surface area contributed by atoms with Crippen molar-refractivity contribution in [1.82, 2.24) is 4.98 Å². The minimum Gasteiger partial charge on any atom is -0.423 e. The Morgan fingerprint density at radius 3 is 3.10 bits per heavy atom. The molecule has 8 nitrogen and oxygen atoms in total. The summed E-state index contributed by atoms with van der Waals surface area (Å²) in [4.78, 5) is 14.4. The maximum Gasteiger partial charge on any atom is 0.298 e. The Morgan fingerprint density at radius 2 is 2.40 bits per heavy atom. The van der Waals surface area contributed by atoms with Crippen molar-refractivity contribution >= 4 is 22.8 Å². The van der Waals surface area contributed by atoms with Crippen molar-refractivity contribution in [2.45, 2.75) is 12.0 Å². The molecule has 2 heterocycles. The lowest BCUT2D eigenvalue weighted by Crippen LogP contribution is -2.37. The number of hydrogen-bond acceptors (Lipinski definition) is 7. The Balaban J connectivity index is 1.82. The first-order chi connectivity index (χ1) is 9.57. The van der Waals surface area contributed by atoms with Crippen molar-refractivity contribution in [3.8, 4) is 0 Å². The molecule has 0 radical (unpaired) electrons. The molecule has 3 rings (SSSR count). The van der Waals surface area contributed by atoms with Gasteiger partial charge < -0.3 is 19.6 Å². The van der Waals surface area contributed by atoms with E-state index in [0.717, 1.165) is 0 Å². The monoisotopic (exact) mass is 279 g/mol. The molecule has 0 bridgehead atoms. The zero-order chi connectivity index (χ0) is 14.2. The van der Waals surface area contributed by atoms with Crippen LogP contribution in [0.2, 0.25) is 0 Å². The van der Waals surface area contributed by atoms with E-state index in [0.29, 0.717) is 18.6 Å². The molecule has 0 aliphatic carbocycles. The Kier molecular flexibility index (Phi) is 3.03. The highest BCUT2D eigenvalue weighted by molar-refractivity contribution is 5.83. The number of oxazole rings is 1. The van der Waals surface area contributed by atoms with Crippen molar-refractivity contribution in [2.24, 2.45) is 0 Å². The van der Waals surface area contributed by atoms with E-state index in [9.17, 15) is 15.2 Å². The van der Waals surface area contributed by atoms with Crippen LogP contribution in [0.15, 0.2) is 22.6 Å². The average Bonchev–Trinajstić information content (AvgIpc) is 3.02. The van der Waals surface area contributed by atoms with Crippen LogP contribution >= 0.6 is 0 Å². The second-order valence-corrected chi connectivity index (χ2v) is 4.78. The van der Waals surface area contributed by atoms with Crippen LogP contribution in [-0.4, -0.2) is 40.4 Å². The van der Waals surface area contributed by atoms with E-state index in [-0.39, 0.29) is 30.4 Å². The number of fused-ring (bicyclic) bond motifs is 1. The third-order valence-corrected chi connectivity index (χ3v) is 3.25. The fourth-order valence-corrected chi connectivity index (χ4v) is 2.13. The second-order valence-electron chi connectivity index (χ2n) is 4.78. The van der Waals surface area contributed by atoms with E-state index in [1.54, 1.807) is 6.07 Å². The maximum atomic E-state index is 10.9. The van der Waals surface area contributed by atoms with Gasteiger partial charge >= 0.3 is 0 Å². The number of rotatable bonds is 4. The molecular formula is C12H13N3O5. The number of nitrogens with zero attached hydrogens (tertiary/aromatic N) is 2. The second kappa shape index (κ2) is 4.73. The summed E-state index contributed by atoms with van der Waals surface area (Å²) in [5, 5.41) is 23.8. The molecule has 106 valence electrons. The molecule has 1 atom stereocenters. The first kappa shape index (κ1) is 12.8. The minimum absolute atomic E-state index is 0.109. The number of nitrogens with one attached hydrogen (secondary N) is 1. The van der Waals surface area contributed by atoms with Gasteiger partial charge in [-0.2, -0.15) is 4.98 Å². The smallest absolute Gasteiger partial charge is 0.298 e. The van der Waals surface area contributed by atoms with E-state index in [4.69, 9.17) is 9.15 Å². The van der Waals surface area contributed by atoms with Gasteiger partial charge in [0.15, 0.2) is 11.1 Å². The summed E-state index contributed by atoms with van der Waals surface area (Å²) in [7, 11) is 0. The molecule has 1 fully saturated rings. The van der Waals surface area contributed by atoms with Crippen LogP contribution in [0, 0.1) is 10.1 Å². The highest BCUT2D eigenvalue weighted by Gasteiger charge is 2.32. The largest absolute Gasteiger partial charge is 0.423 e. The summed E-state index contributed by atoms with van der Waals surface area (Å²) < 4.78 is 10.5. The number of para-hydroxylation sites is 1. The highest BCUT2D eigenvalue weighted by atomic mass is 16.6. The van der Waals surface area contributed by atoms with Crippen LogP contribution in [0.5, 0.6) is 0 Å². The van der Waals surface area contributed by atoms with Crippen LogP contribution in [0.25, 0.3) is 11.1 Å². The number of aromatic nitrogens is 1. The topological polar surface area (TPSA) is 111 Å². The third kappa shape index (κ3) is 2.30. The number of non-ortho nitro benzene ring substituents is 1. The summed E-state index contributed by atoms with van der Waals surface area (Å²) in [6.07, 6.45) is 0.528. The molecule has 2 aromatic rings. The van der Waals surface area contributed by atoms with E-state index < -0.39 is 10.5 Å². The number of hydrogen-bond donors (Lipinski definition) is 2. The third-order valence-electron chi connectivity index (χ3n) is 3.25. The van der Waals surface area contributed by atoms with Crippen molar-refractivity contribution in [1.29, 1.82) is 0 Å². The zero-order valence-corrected chi connectivity index (χ0v) is 10.5. The standard InChI is InChI=1S/C12H13N3O5/c16-12(4-5-19-7-12)6-13-11-14-10-8(15(17)18)2-1-3-9(10)20-11/h1-3,16H,4-7H2,(H,13,14). The fourth-order valence-electron chi connectivity index (χ4n) is 2.13. The average molecular weight is 279 g/mol. The molecule has 1 aliphatic rings. The van der Waals surface area contributed by atoms with E-state index in [1.165, 1.54) is 12.1 Å². The molecule has 8 heteroatoms. The maximum absolute atomic E-state index is 10.9. The van der Waals surface area contributed by atoms with Crippen LogP contribution in [-0.2, 0) is 4.74 Å². The molecule has 0 spiro atoms. The van der Waals surface area contributed by atoms with Gasteiger partial charge in [0.05, 0.1) is 18.1 Å². The molecule has 20 heavy (non-hydrogen) atoms. The normalized spacial score (nSPS) is 22.2. The number of benzene rings is 1. The molecule has 2 N–H and O–H groups in total. The quantitative estimate of drug-likeness (QED) is 0.641. The fraction of sp³-hybridized carbons (Fsp3) is 0.417. The van der Waals surface area contributed by atoms with E-state index in [1.807, 2.05) is 0 Å². The van der Waals surface area contributed by atoms with Crippen LogP contribution in [0.3, 0.4) is 0 Å². The lowest BCUT2D eigenvalue weighted by atomic mass is 10.0. The van der Waals surface area contributed by atoms with Gasteiger partial charge in [-0.1, -0.05) is 6.07 Å². The van der Waals surface area contributed by atoms with Gasteiger partial charge in [0, 0.05) is 19.1 Å². The van der Waals surface area contributed by atoms with Gasteiger partial charge in [0.2, 0.25) is 0 Å². The van der Waals surface area contributed by atoms with Gasteiger partial charge in [0.1, 0.15) is 5.60 Å². The van der Waals surface area contributed by atoms with Crippen molar-refractivity contribution in [3.05, 3.63) is 28.3 Å². The van der Waals surface area contributed by atoms with Gasteiger partial charge in [-0.25, -0.2) is 0 Å². The molecular weight excluding hydrogens is 266 g/mol. The van der Waals surface area contributed by atoms with Crippen molar-refractivity contribution in [3.63, 3.8) is 0 Å². The predicted molar refractivity (Wildman–Crippen MR) is 69.5 cm³/mol. The summed E-state index contributed by atoms with van der Waals surface area (Å²) >= 11 is 0. The lowest BCUT2D eigenvalue weighted by Gasteiger charge is -2.19.